The molecule has 1 amide bonds. The van der Waals surface area contributed by atoms with Crippen molar-refractivity contribution in [3.63, 3.8) is 0 Å². The van der Waals surface area contributed by atoms with Crippen molar-refractivity contribution < 1.29 is 9.21 Å². The van der Waals surface area contributed by atoms with Crippen LogP contribution in [-0.4, -0.2) is 15.9 Å². The zero-order valence-corrected chi connectivity index (χ0v) is 11.0. The zero-order valence-electron chi connectivity index (χ0n) is 11.0. The quantitative estimate of drug-likeness (QED) is 0.791. The van der Waals surface area contributed by atoms with Crippen molar-refractivity contribution in [3.05, 3.63) is 59.7 Å². The van der Waals surface area contributed by atoms with E-state index in [4.69, 9.17) is 4.42 Å². The van der Waals surface area contributed by atoms with E-state index < -0.39 is 0 Å². The summed E-state index contributed by atoms with van der Waals surface area (Å²) in [4.78, 5) is 20.1. The van der Waals surface area contributed by atoms with Crippen LogP contribution in [0.1, 0.15) is 21.8 Å². The van der Waals surface area contributed by atoms with E-state index in [1.807, 2.05) is 25.1 Å². The van der Waals surface area contributed by atoms with Gasteiger partial charge in [-0.1, -0.05) is 6.07 Å². The van der Waals surface area contributed by atoms with Crippen molar-refractivity contribution in [2.45, 2.75) is 13.5 Å². The molecular formula is C15H13N3O2. The number of nitrogens with one attached hydrogen (secondary N) is 1. The van der Waals surface area contributed by atoms with Crippen LogP contribution >= 0.6 is 0 Å². The fourth-order valence-corrected chi connectivity index (χ4v) is 1.98. The van der Waals surface area contributed by atoms with Crippen molar-refractivity contribution >= 4 is 17.0 Å². The van der Waals surface area contributed by atoms with E-state index in [-0.39, 0.29) is 5.91 Å². The van der Waals surface area contributed by atoms with Crippen molar-refractivity contribution in [2.75, 3.05) is 0 Å². The van der Waals surface area contributed by atoms with Crippen molar-refractivity contribution in [2.24, 2.45) is 0 Å². The molecule has 0 saturated heterocycles. The summed E-state index contributed by atoms with van der Waals surface area (Å²) in [5.41, 5.74) is 3.08. The number of carbonyl (C=O) groups is 1. The summed E-state index contributed by atoms with van der Waals surface area (Å²) in [6.07, 6.45) is 3.18. The Balaban J connectivity index is 1.72. The molecule has 100 valence electrons. The molecule has 1 N–H and O–H groups in total. The fraction of sp³-hybridized carbons (Fsp3) is 0.133. The SMILES string of the molecule is Cc1nc2cc(CNC(=O)c3cccnc3)ccc2o1. The van der Waals surface area contributed by atoms with Gasteiger partial charge in [-0.2, -0.15) is 0 Å². The van der Waals surface area contributed by atoms with Gasteiger partial charge in [-0.25, -0.2) is 4.98 Å². The van der Waals surface area contributed by atoms with Crippen LogP contribution < -0.4 is 5.32 Å². The highest BCUT2D eigenvalue weighted by atomic mass is 16.3. The van der Waals surface area contributed by atoms with E-state index in [0.29, 0.717) is 18.0 Å². The van der Waals surface area contributed by atoms with E-state index in [1.54, 1.807) is 24.5 Å². The van der Waals surface area contributed by atoms with Crippen LogP contribution in [0.15, 0.2) is 47.1 Å². The van der Waals surface area contributed by atoms with Gasteiger partial charge in [-0.05, 0) is 29.8 Å². The molecule has 0 spiro atoms. The van der Waals surface area contributed by atoms with Gasteiger partial charge >= 0.3 is 0 Å². The van der Waals surface area contributed by atoms with Gasteiger partial charge in [0.25, 0.3) is 5.91 Å². The van der Waals surface area contributed by atoms with Gasteiger partial charge < -0.3 is 9.73 Å². The Kier molecular flexibility index (Phi) is 3.16. The number of aromatic nitrogens is 2. The maximum absolute atomic E-state index is 11.9. The number of pyridine rings is 1. The first-order valence-corrected chi connectivity index (χ1v) is 6.27. The molecule has 0 aliphatic rings. The topological polar surface area (TPSA) is 68.0 Å². The van der Waals surface area contributed by atoms with Crippen LogP contribution in [0, 0.1) is 6.92 Å². The molecular weight excluding hydrogens is 254 g/mol. The molecule has 0 saturated carbocycles. The molecule has 3 aromatic rings. The first-order valence-electron chi connectivity index (χ1n) is 6.27. The summed E-state index contributed by atoms with van der Waals surface area (Å²) in [6, 6.07) is 9.15. The third-order valence-corrected chi connectivity index (χ3v) is 2.94. The van der Waals surface area contributed by atoms with Gasteiger partial charge in [0.1, 0.15) is 5.52 Å². The van der Waals surface area contributed by atoms with E-state index in [0.717, 1.165) is 16.7 Å². The molecule has 0 unspecified atom stereocenters. The summed E-state index contributed by atoms with van der Waals surface area (Å²) in [5.74, 6) is 0.492. The summed E-state index contributed by atoms with van der Waals surface area (Å²) in [6.45, 7) is 2.25. The standard InChI is InChI=1S/C15H13N3O2/c1-10-18-13-7-11(4-5-14(13)20-10)8-17-15(19)12-3-2-6-16-9-12/h2-7,9H,8H2,1H3,(H,17,19). The molecule has 0 radical (unpaired) electrons. The Morgan fingerprint density at radius 2 is 2.25 bits per heavy atom. The van der Waals surface area contributed by atoms with Crippen molar-refractivity contribution in [1.82, 2.24) is 15.3 Å². The Hall–Kier alpha value is -2.69. The van der Waals surface area contributed by atoms with E-state index in [9.17, 15) is 4.79 Å². The smallest absolute Gasteiger partial charge is 0.253 e. The number of rotatable bonds is 3. The summed E-state index contributed by atoms with van der Waals surface area (Å²) < 4.78 is 5.41. The predicted molar refractivity (Wildman–Crippen MR) is 74.2 cm³/mol. The van der Waals surface area contributed by atoms with Crippen LogP contribution in [0.4, 0.5) is 0 Å². The second-order valence-electron chi connectivity index (χ2n) is 4.46. The monoisotopic (exact) mass is 267 g/mol. The number of benzene rings is 1. The molecule has 0 aliphatic carbocycles. The summed E-state index contributed by atoms with van der Waals surface area (Å²) >= 11 is 0. The molecule has 0 atom stereocenters. The van der Waals surface area contributed by atoms with Crippen LogP contribution in [0.3, 0.4) is 0 Å². The lowest BCUT2D eigenvalue weighted by atomic mass is 10.2. The molecule has 5 nitrogen and oxygen atoms in total. The third kappa shape index (κ3) is 2.51. The van der Waals surface area contributed by atoms with E-state index in [2.05, 4.69) is 15.3 Å². The van der Waals surface area contributed by atoms with Gasteiger partial charge in [0, 0.05) is 25.9 Å². The molecule has 20 heavy (non-hydrogen) atoms. The van der Waals surface area contributed by atoms with Gasteiger partial charge in [0.05, 0.1) is 5.56 Å². The Bertz CT molecular complexity index is 750. The molecule has 3 rings (SSSR count). The van der Waals surface area contributed by atoms with E-state index in [1.165, 1.54) is 0 Å². The Morgan fingerprint density at radius 1 is 1.35 bits per heavy atom. The summed E-state index contributed by atoms with van der Waals surface area (Å²) in [7, 11) is 0. The molecule has 0 aliphatic heterocycles. The van der Waals surface area contributed by atoms with Crippen molar-refractivity contribution in [3.8, 4) is 0 Å². The first-order chi connectivity index (χ1) is 9.72. The van der Waals surface area contributed by atoms with Gasteiger partial charge in [-0.15, -0.1) is 0 Å². The van der Waals surface area contributed by atoms with Crippen LogP contribution in [0.25, 0.3) is 11.1 Å². The van der Waals surface area contributed by atoms with Gasteiger partial charge in [-0.3, -0.25) is 9.78 Å². The Morgan fingerprint density at radius 3 is 3.05 bits per heavy atom. The average molecular weight is 267 g/mol. The van der Waals surface area contributed by atoms with Crippen LogP contribution in [0.2, 0.25) is 0 Å². The second kappa shape index (κ2) is 5.13. The maximum atomic E-state index is 11.9. The van der Waals surface area contributed by atoms with Gasteiger partial charge in [0.2, 0.25) is 0 Å². The normalized spacial score (nSPS) is 10.7. The largest absolute Gasteiger partial charge is 0.441 e. The van der Waals surface area contributed by atoms with Crippen LogP contribution in [-0.2, 0) is 6.54 Å². The number of hydrogen-bond acceptors (Lipinski definition) is 4. The average Bonchev–Trinajstić information content (AvgIpc) is 2.85. The lowest BCUT2D eigenvalue weighted by molar-refractivity contribution is 0.0950. The maximum Gasteiger partial charge on any atom is 0.253 e. The minimum atomic E-state index is -0.144. The highest BCUT2D eigenvalue weighted by Crippen LogP contribution is 2.16. The number of hydrogen-bond donors (Lipinski definition) is 1. The lowest BCUT2D eigenvalue weighted by Gasteiger charge is -2.04. The van der Waals surface area contributed by atoms with Crippen molar-refractivity contribution in [1.29, 1.82) is 0 Å². The zero-order chi connectivity index (χ0) is 13.9. The molecule has 5 heteroatoms. The molecule has 2 aromatic heterocycles. The molecule has 0 fully saturated rings. The number of aryl methyl sites for hydroxylation is 1. The number of nitrogens with zero attached hydrogens (tertiary/aromatic N) is 2. The molecule has 0 bridgehead atoms. The summed E-state index contributed by atoms with van der Waals surface area (Å²) in [5, 5.41) is 2.85. The predicted octanol–water partition coefficient (Wildman–Crippen LogP) is 2.46. The second-order valence-corrected chi connectivity index (χ2v) is 4.46. The minimum Gasteiger partial charge on any atom is -0.441 e. The molecule has 1 aromatic carbocycles. The minimum absolute atomic E-state index is 0.144. The highest BCUT2D eigenvalue weighted by Gasteiger charge is 2.06. The van der Waals surface area contributed by atoms with E-state index >= 15 is 0 Å². The Labute approximate surface area is 115 Å². The third-order valence-electron chi connectivity index (χ3n) is 2.94. The highest BCUT2D eigenvalue weighted by molar-refractivity contribution is 5.93. The number of carbonyl (C=O) groups excluding carboxylic acids is 1. The van der Waals surface area contributed by atoms with Crippen LogP contribution in [0.5, 0.6) is 0 Å². The number of amides is 1. The van der Waals surface area contributed by atoms with Gasteiger partial charge in [0.15, 0.2) is 11.5 Å². The fourth-order valence-electron chi connectivity index (χ4n) is 1.98. The first kappa shape index (κ1) is 12.3. The number of fused-ring (bicyclic) bond motifs is 1. The lowest BCUT2D eigenvalue weighted by Crippen LogP contribution is -2.22. The number of oxazole rings is 1. The molecule has 2 heterocycles.